The highest BCUT2D eigenvalue weighted by Crippen LogP contribution is 2.17. The first kappa shape index (κ1) is 44.4. The van der Waals surface area contributed by atoms with Crippen LogP contribution in [0.15, 0.2) is 48.6 Å². The van der Waals surface area contributed by atoms with E-state index in [1.54, 1.807) is 24.0 Å². The highest BCUT2D eigenvalue weighted by Gasteiger charge is 2.31. The van der Waals surface area contributed by atoms with Crippen molar-refractivity contribution in [3.05, 3.63) is 48.6 Å². The normalized spacial score (nSPS) is 19.2. The third-order valence-corrected chi connectivity index (χ3v) is 10.2. The minimum atomic E-state index is -1.10. The van der Waals surface area contributed by atoms with Crippen LogP contribution in [0.3, 0.4) is 0 Å². The van der Waals surface area contributed by atoms with Crippen molar-refractivity contribution in [3.8, 4) is 0 Å². The van der Waals surface area contributed by atoms with E-state index in [4.69, 9.17) is 4.74 Å². The van der Waals surface area contributed by atoms with Crippen molar-refractivity contribution in [3.63, 3.8) is 0 Å². The van der Waals surface area contributed by atoms with E-state index in [0.717, 1.165) is 43.6 Å². The maximum Gasteiger partial charge on any atom is 0.259 e. The molecule has 3 amide bonds. The van der Waals surface area contributed by atoms with E-state index in [9.17, 15) is 23.1 Å². The zero-order valence-corrected chi connectivity index (χ0v) is 32.0. The number of hydrogen-bond donors (Lipinski definition) is 1. The summed E-state index contributed by atoms with van der Waals surface area (Å²) < 4.78 is 33.3. The van der Waals surface area contributed by atoms with Gasteiger partial charge in [0.2, 0.25) is 0 Å². The first-order valence-corrected chi connectivity index (χ1v) is 19.4. The number of carbonyl (C=O) groups is 3. The number of unbranched alkanes of at least 4 members (excludes halogenated alkanes) is 1. The van der Waals surface area contributed by atoms with Gasteiger partial charge < -0.3 is 19.9 Å². The molecule has 12 heteroatoms. The van der Waals surface area contributed by atoms with E-state index < -0.39 is 11.0 Å². The molecule has 49 heavy (non-hydrogen) atoms. The predicted molar refractivity (Wildman–Crippen MR) is 199 cm³/mol. The number of halogens is 1. The molecule has 280 valence electrons. The average Bonchev–Trinajstić information content (AvgIpc) is 3.64. The van der Waals surface area contributed by atoms with Crippen LogP contribution < -0.4 is 5.32 Å². The second kappa shape index (κ2) is 25.3. The van der Waals surface area contributed by atoms with Crippen LogP contribution in [0.4, 0.5) is 4.48 Å². The van der Waals surface area contributed by atoms with Gasteiger partial charge in [-0.1, -0.05) is 69.7 Å². The van der Waals surface area contributed by atoms with Crippen LogP contribution in [0.1, 0.15) is 93.4 Å². The minimum Gasteiger partial charge on any atom is -0.368 e. The highest BCUT2D eigenvalue weighted by molar-refractivity contribution is 7.82. The van der Waals surface area contributed by atoms with Gasteiger partial charge in [-0.15, -0.1) is 9.60 Å². The molecule has 4 unspecified atom stereocenters. The van der Waals surface area contributed by atoms with Crippen molar-refractivity contribution in [1.82, 2.24) is 24.5 Å². The summed E-state index contributed by atoms with van der Waals surface area (Å²) in [5.41, 5.74) is 0.201. The maximum atomic E-state index is 13.6. The average molecular weight is 710 g/mol. The Balaban J connectivity index is 0.000000490. The van der Waals surface area contributed by atoms with Crippen LogP contribution >= 0.6 is 0 Å². The zero-order valence-electron chi connectivity index (χ0n) is 31.2. The number of nitrogens with one attached hydrogen (secondary N) is 1. The number of ether oxygens (including phenoxy) is 1. The number of rotatable bonds is 19. The fraction of sp³-hybridized carbons (Fsp3) is 0.703. The smallest absolute Gasteiger partial charge is 0.259 e. The first-order chi connectivity index (χ1) is 23.4. The Labute approximate surface area is 298 Å². The molecule has 2 heterocycles. The van der Waals surface area contributed by atoms with Crippen molar-refractivity contribution >= 4 is 28.7 Å². The van der Waals surface area contributed by atoms with Crippen LogP contribution in [0.25, 0.3) is 0 Å². The first-order valence-electron chi connectivity index (χ1n) is 18.1. The molecule has 2 aliphatic rings. The van der Waals surface area contributed by atoms with Gasteiger partial charge in [0.1, 0.15) is 11.7 Å². The van der Waals surface area contributed by atoms with Gasteiger partial charge in [0, 0.05) is 69.8 Å². The number of allylic oxidation sites excluding steroid dienone is 5. The summed E-state index contributed by atoms with van der Waals surface area (Å²) in [5.74, 6) is 0.00294. The second-order valence-electron chi connectivity index (χ2n) is 12.8. The van der Waals surface area contributed by atoms with Gasteiger partial charge in [-0.25, -0.2) is 8.51 Å². The van der Waals surface area contributed by atoms with Crippen molar-refractivity contribution < 1.29 is 27.8 Å². The lowest BCUT2D eigenvalue weighted by Gasteiger charge is -2.34. The van der Waals surface area contributed by atoms with E-state index >= 15 is 0 Å². The lowest BCUT2D eigenvalue weighted by Crippen LogP contribution is -2.52. The summed E-state index contributed by atoms with van der Waals surface area (Å²) >= 11 is 0. The monoisotopic (exact) mass is 709 g/mol. The standard InChI is InChI=1S/C21H34N2O2.C16H30FN3O3S/c1-7-10-12-13-14-16-23(17(4)5)21(25)19(9-3)20(24)22-18(6)15-11-8-2;1-3-14(2)20(17)7-5-13-24(22)19-10-8-18(9-11-19)16(21)15-6-4-12-23-15/h7,9-10,12-14,17-18H,1,8,11,15-16H2,2-6H3,(H,22,24);14-15H,3-13H2,1-2H3/b12-10-,14-13-,19-9-;. The van der Waals surface area contributed by atoms with Gasteiger partial charge >= 0.3 is 0 Å². The molecule has 0 aromatic carbocycles. The molecule has 0 bridgehead atoms. The Hall–Kier alpha value is -2.67. The third-order valence-electron chi connectivity index (χ3n) is 8.62. The van der Waals surface area contributed by atoms with Crippen LogP contribution in [0.5, 0.6) is 0 Å². The zero-order chi connectivity index (χ0) is 36.8. The van der Waals surface area contributed by atoms with Crippen molar-refractivity contribution in [2.24, 2.45) is 0 Å². The number of carbonyl (C=O) groups excluding carboxylic acids is 3. The quantitative estimate of drug-likeness (QED) is 0.0624. The second-order valence-corrected chi connectivity index (χ2v) is 14.4. The van der Waals surface area contributed by atoms with E-state index in [1.807, 2.05) is 68.1 Å². The fourth-order valence-corrected chi connectivity index (χ4v) is 6.49. The topological polar surface area (TPSA) is 102 Å². The van der Waals surface area contributed by atoms with E-state index in [0.29, 0.717) is 58.0 Å². The molecule has 2 saturated heterocycles. The maximum absolute atomic E-state index is 13.6. The molecular weight excluding hydrogens is 646 g/mol. The highest BCUT2D eigenvalue weighted by atomic mass is 32.2. The molecule has 1 N–H and O–H groups in total. The molecule has 0 saturated carbocycles. The summed E-state index contributed by atoms with van der Waals surface area (Å²) in [5, 5.41) is 3.76. The van der Waals surface area contributed by atoms with Crippen LogP contribution in [-0.2, 0) is 30.1 Å². The van der Waals surface area contributed by atoms with Crippen molar-refractivity contribution in [1.29, 1.82) is 0 Å². The van der Waals surface area contributed by atoms with Gasteiger partial charge in [0.25, 0.3) is 17.7 Å². The van der Waals surface area contributed by atoms with E-state index in [-0.39, 0.29) is 47.5 Å². The largest absolute Gasteiger partial charge is 0.368 e. The lowest BCUT2D eigenvalue weighted by atomic mass is 10.1. The van der Waals surface area contributed by atoms with Gasteiger partial charge in [-0.3, -0.25) is 14.4 Å². The molecule has 0 spiro atoms. The molecule has 4 atom stereocenters. The summed E-state index contributed by atoms with van der Waals surface area (Å²) in [6.07, 6.45) is 16.6. The SMILES string of the molecule is C=C/C=C\C=C/CN(C(=O)/C(=C\C)C(=O)NC(C)CCCC)C(C)C.CCC(C)N(F)CCCS(=O)N1CCN(C(=O)C2CCCO2)CC1. The Morgan fingerprint density at radius 2 is 1.76 bits per heavy atom. The Kier molecular flexibility index (Phi) is 22.9. The van der Waals surface area contributed by atoms with E-state index in [2.05, 4.69) is 18.8 Å². The van der Waals surface area contributed by atoms with Crippen LogP contribution in [0, 0.1) is 0 Å². The van der Waals surface area contributed by atoms with Crippen molar-refractivity contribution in [2.45, 2.75) is 118 Å². The van der Waals surface area contributed by atoms with Crippen molar-refractivity contribution in [2.75, 3.05) is 51.6 Å². The van der Waals surface area contributed by atoms with Gasteiger partial charge in [0.05, 0.1) is 11.0 Å². The molecule has 0 aliphatic carbocycles. The summed E-state index contributed by atoms with van der Waals surface area (Å²) in [6.45, 7) is 20.9. The van der Waals surface area contributed by atoms with Gasteiger partial charge in [0.15, 0.2) is 0 Å². The van der Waals surface area contributed by atoms with Gasteiger partial charge in [-0.05, 0) is 66.7 Å². The summed E-state index contributed by atoms with van der Waals surface area (Å²) in [6, 6.07) is -0.0294. The summed E-state index contributed by atoms with van der Waals surface area (Å²) in [7, 11) is -1.10. The van der Waals surface area contributed by atoms with Crippen LogP contribution in [0.2, 0.25) is 0 Å². The molecule has 0 radical (unpaired) electrons. The summed E-state index contributed by atoms with van der Waals surface area (Å²) in [4.78, 5) is 41.0. The minimum absolute atomic E-state index is 0.000740. The van der Waals surface area contributed by atoms with Crippen LogP contribution in [-0.4, -0.2) is 117 Å². The molecule has 2 fully saturated rings. The predicted octanol–water partition coefficient (Wildman–Crippen LogP) is 5.51. The molecule has 0 aromatic heterocycles. The fourth-order valence-electron chi connectivity index (χ4n) is 5.29. The molecule has 2 aliphatic heterocycles. The molecule has 0 aromatic rings. The number of hydrogen-bond acceptors (Lipinski definition) is 6. The molecule has 10 nitrogen and oxygen atoms in total. The Morgan fingerprint density at radius 3 is 2.31 bits per heavy atom. The third kappa shape index (κ3) is 16.7. The number of piperazine rings is 1. The van der Waals surface area contributed by atoms with E-state index in [1.165, 1.54) is 0 Å². The molecular formula is C37H64FN5O5S. The number of amides is 3. The number of nitrogens with zero attached hydrogens (tertiary/aromatic N) is 4. The molecule has 2 rings (SSSR count). The Bertz CT molecular complexity index is 1120. The van der Waals surface area contributed by atoms with Gasteiger partial charge in [-0.2, -0.15) is 0 Å². The Morgan fingerprint density at radius 1 is 1.06 bits per heavy atom. The lowest BCUT2D eigenvalue weighted by molar-refractivity contribution is -0.142.